The van der Waals surface area contributed by atoms with Crippen LogP contribution < -0.4 is 5.73 Å². The number of ketones is 1. The second-order valence-electron chi connectivity index (χ2n) is 8.99. The van der Waals surface area contributed by atoms with E-state index in [2.05, 4.69) is 25.3 Å². The van der Waals surface area contributed by atoms with Gasteiger partial charge < -0.3 is 20.7 Å². The van der Waals surface area contributed by atoms with E-state index in [1.165, 1.54) is 29.1 Å². The highest BCUT2D eigenvalue weighted by Crippen LogP contribution is 2.45. The first-order chi connectivity index (χ1) is 17.0. The van der Waals surface area contributed by atoms with E-state index in [0.29, 0.717) is 34.8 Å². The second-order valence-corrected chi connectivity index (χ2v) is 10.1. The number of nitrogens with zero attached hydrogens (tertiary/aromatic N) is 7. The third-order valence-corrected chi connectivity index (χ3v) is 8.01. The minimum Gasteiger partial charge on any atom is -0.389 e. The van der Waals surface area contributed by atoms with E-state index >= 15 is 0 Å². The summed E-state index contributed by atoms with van der Waals surface area (Å²) in [5, 5.41) is 22.0. The van der Waals surface area contributed by atoms with Crippen molar-refractivity contribution < 1.29 is 14.7 Å². The van der Waals surface area contributed by atoms with Gasteiger partial charge in [-0.1, -0.05) is 0 Å². The van der Waals surface area contributed by atoms with Crippen LogP contribution in [0.3, 0.4) is 0 Å². The first kappa shape index (κ1) is 21.8. The summed E-state index contributed by atoms with van der Waals surface area (Å²) in [6, 6.07) is 0.0433. The number of nitrogen functional groups attached to an aromatic ring is 1. The Morgan fingerprint density at radius 2 is 2.03 bits per heavy atom. The Hall–Kier alpha value is -3.71. The summed E-state index contributed by atoms with van der Waals surface area (Å²) in [6.07, 6.45) is 7.86. The van der Waals surface area contributed by atoms with Crippen LogP contribution in [0, 0.1) is 0 Å². The number of piperidine rings is 1. The molecule has 4 N–H and O–H groups in total. The number of H-pyrrole nitrogens is 1. The Bertz CT molecular complexity index is 1430. The van der Waals surface area contributed by atoms with Crippen molar-refractivity contribution in [3.63, 3.8) is 0 Å². The van der Waals surface area contributed by atoms with Gasteiger partial charge in [-0.3, -0.25) is 9.59 Å². The van der Waals surface area contributed by atoms with Crippen LogP contribution in [0.2, 0.25) is 0 Å². The van der Waals surface area contributed by atoms with Crippen LogP contribution in [-0.4, -0.2) is 68.5 Å². The molecule has 180 valence electrons. The van der Waals surface area contributed by atoms with Crippen molar-refractivity contribution in [2.75, 3.05) is 5.73 Å². The molecule has 35 heavy (non-hydrogen) atoms. The highest BCUT2D eigenvalue weighted by molar-refractivity contribution is 7.15. The molecule has 12 nitrogen and oxygen atoms in total. The van der Waals surface area contributed by atoms with Crippen molar-refractivity contribution in [3.8, 4) is 10.4 Å². The van der Waals surface area contributed by atoms with Gasteiger partial charge in [0.15, 0.2) is 11.4 Å². The molecule has 0 spiro atoms. The van der Waals surface area contributed by atoms with Gasteiger partial charge in [0.05, 0.1) is 34.5 Å². The number of aromatic nitrogens is 7. The van der Waals surface area contributed by atoms with Gasteiger partial charge in [0.25, 0.3) is 5.91 Å². The lowest BCUT2D eigenvalue weighted by Gasteiger charge is -2.38. The van der Waals surface area contributed by atoms with Crippen molar-refractivity contribution in [2.24, 2.45) is 0 Å². The van der Waals surface area contributed by atoms with Gasteiger partial charge in [-0.2, -0.15) is 9.61 Å². The zero-order valence-electron chi connectivity index (χ0n) is 18.9. The summed E-state index contributed by atoms with van der Waals surface area (Å²) in [4.78, 5) is 40.4. The van der Waals surface area contributed by atoms with Crippen molar-refractivity contribution in [3.05, 3.63) is 40.8 Å². The molecule has 0 saturated carbocycles. The molecule has 0 aromatic carbocycles. The third kappa shape index (κ3) is 3.41. The number of carbonyl (C=O) groups is 2. The summed E-state index contributed by atoms with van der Waals surface area (Å²) in [5.41, 5.74) is 8.80. The van der Waals surface area contributed by atoms with Crippen molar-refractivity contribution in [2.45, 2.75) is 57.2 Å². The van der Waals surface area contributed by atoms with E-state index < -0.39 is 0 Å². The lowest BCUT2D eigenvalue weighted by Crippen LogP contribution is -2.46. The number of aliphatic hydroxyl groups excluding tert-OH is 1. The molecule has 0 radical (unpaired) electrons. The van der Waals surface area contributed by atoms with Crippen LogP contribution in [-0.2, 0) is 6.61 Å². The van der Waals surface area contributed by atoms with E-state index in [-0.39, 0.29) is 47.9 Å². The van der Waals surface area contributed by atoms with Crippen LogP contribution in [0.5, 0.6) is 0 Å². The molecule has 6 rings (SSSR count). The number of aromatic amines is 1. The van der Waals surface area contributed by atoms with Crippen LogP contribution in [0.4, 0.5) is 5.82 Å². The Morgan fingerprint density at radius 1 is 1.26 bits per heavy atom. The molecular weight excluding hydrogens is 470 g/mol. The molecule has 2 fully saturated rings. The lowest BCUT2D eigenvalue weighted by atomic mass is 9.85. The third-order valence-electron chi connectivity index (χ3n) is 6.99. The monoisotopic (exact) mass is 493 g/mol. The lowest BCUT2D eigenvalue weighted by molar-refractivity contribution is 0.0556. The fourth-order valence-corrected chi connectivity index (χ4v) is 6.32. The number of hydrogen-bond donors (Lipinski definition) is 3. The second kappa shape index (κ2) is 8.20. The molecule has 0 aliphatic carbocycles. The van der Waals surface area contributed by atoms with E-state index in [1.54, 1.807) is 12.4 Å². The Morgan fingerprint density at radius 3 is 2.66 bits per heavy atom. The van der Waals surface area contributed by atoms with Gasteiger partial charge in [0.2, 0.25) is 5.82 Å². The number of carbonyl (C=O) groups excluding carboxylic acids is 2. The topological polar surface area (TPSA) is 168 Å². The maximum atomic E-state index is 13.0. The maximum absolute atomic E-state index is 13.0. The van der Waals surface area contributed by atoms with E-state index in [4.69, 9.17) is 10.7 Å². The molecule has 4 aromatic heterocycles. The predicted octanol–water partition coefficient (Wildman–Crippen LogP) is 1.80. The SMILES string of the molecule is CC(=O)c1c([C@H]2C[C@H]3CC[C@@H](C2)N3C(=O)c2nnc[nH]2)nc2c(-c3cnc(CO)s3)cnn2c1N. The zero-order valence-corrected chi connectivity index (χ0v) is 19.7. The van der Waals surface area contributed by atoms with Crippen LogP contribution >= 0.6 is 11.3 Å². The fraction of sp³-hybridized carbons (Fsp3) is 0.409. The maximum Gasteiger partial charge on any atom is 0.292 e. The first-order valence-corrected chi connectivity index (χ1v) is 12.2. The summed E-state index contributed by atoms with van der Waals surface area (Å²) >= 11 is 1.36. The van der Waals surface area contributed by atoms with Gasteiger partial charge >= 0.3 is 0 Å². The zero-order chi connectivity index (χ0) is 24.3. The number of Topliss-reactive ketones (excluding diaryl/α,β-unsaturated/α-hetero) is 1. The number of hydrogen-bond acceptors (Lipinski definition) is 10. The summed E-state index contributed by atoms with van der Waals surface area (Å²) in [7, 11) is 0. The highest BCUT2D eigenvalue weighted by Gasteiger charge is 2.45. The largest absolute Gasteiger partial charge is 0.389 e. The smallest absolute Gasteiger partial charge is 0.292 e. The van der Waals surface area contributed by atoms with Gasteiger partial charge in [0, 0.05) is 24.2 Å². The van der Waals surface area contributed by atoms with Gasteiger partial charge in [-0.25, -0.2) is 9.97 Å². The molecule has 4 aromatic rings. The average Bonchev–Trinajstić information content (AvgIpc) is 3.64. The normalized spacial score (nSPS) is 21.7. The Labute approximate surface area is 203 Å². The fourth-order valence-electron chi connectivity index (χ4n) is 5.53. The summed E-state index contributed by atoms with van der Waals surface area (Å²) in [5.74, 6) is 0.144. The van der Waals surface area contributed by atoms with Gasteiger partial charge in [0.1, 0.15) is 17.2 Å². The van der Waals surface area contributed by atoms with E-state index in [1.807, 2.05) is 4.90 Å². The molecule has 13 heteroatoms. The van der Waals surface area contributed by atoms with Crippen LogP contribution in [0.15, 0.2) is 18.7 Å². The highest BCUT2D eigenvalue weighted by atomic mass is 32.1. The summed E-state index contributed by atoms with van der Waals surface area (Å²) in [6.45, 7) is 1.34. The number of thiazole rings is 1. The molecule has 1 amide bonds. The number of rotatable bonds is 5. The molecule has 6 heterocycles. The minimum atomic E-state index is -0.170. The molecule has 2 bridgehead atoms. The standard InChI is InChI=1S/C22H23N9O3S/c1-10(33)17-18(11-4-12-2-3-13(5-11)30(12)22(34)20-25-9-26-29-20)28-21-14(6-27-31(21)19(17)23)15-7-24-16(8-32)35-15/h6-7,9,11-13,32H,2-5,8,23H2,1H3,(H,25,26,29)/t11-,12+,13-. The van der Waals surface area contributed by atoms with Gasteiger partial charge in [-0.15, -0.1) is 21.5 Å². The van der Waals surface area contributed by atoms with E-state index in [9.17, 15) is 14.7 Å². The first-order valence-electron chi connectivity index (χ1n) is 11.4. The Kier molecular flexibility index (Phi) is 5.11. The minimum absolute atomic E-state index is 0.0217. The van der Waals surface area contributed by atoms with Crippen LogP contribution in [0.25, 0.3) is 16.1 Å². The molecule has 3 atom stereocenters. The van der Waals surface area contributed by atoms with Gasteiger partial charge in [-0.05, 0) is 32.6 Å². The Balaban J connectivity index is 1.41. The number of aliphatic hydroxyl groups is 1. The quantitative estimate of drug-likeness (QED) is 0.351. The van der Waals surface area contributed by atoms with Crippen molar-refractivity contribution in [1.29, 1.82) is 0 Å². The molecular formula is C22H23N9O3S. The number of amides is 1. The summed E-state index contributed by atoms with van der Waals surface area (Å²) < 4.78 is 1.49. The molecule has 2 aliphatic heterocycles. The predicted molar refractivity (Wildman–Crippen MR) is 126 cm³/mol. The molecule has 0 unspecified atom stereocenters. The number of fused-ring (bicyclic) bond motifs is 3. The number of nitrogens with two attached hydrogens (primary N) is 1. The number of anilines is 1. The number of nitrogens with one attached hydrogen (secondary N) is 1. The molecule has 2 aliphatic rings. The van der Waals surface area contributed by atoms with Crippen LogP contribution in [0.1, 0.15) is 70.2 Å². The molecule has 2 saturated heterocycles. The van der Waals surface area contributed by atoms with Crippen molar-refractivity contribution >= 4 is 34.5 Å². The van der Waals surface area contributed by atoms with Crippen molar-refractivity contribution in [1.82, 2.24) is 39.7 Å². The van der Waals surface area contributed by atoms with E-state index in [0.717, 1.165) is 23.3 Å². The average molecular weight is 494 g/mol.